The molecular formula is C18H19N3O4S2. The highest BCUT2D eigenvalue weighted by atomic mass is 32.2. The van der Waals surface area contributed by atoms with Crippen LogP contribution in [-0.4, -0.2) is 36.6 Å². The van der Waals surface area contributed by atoms with Gasteiger partial charge in [0.1, 0.15) is 5.75 Å². The first-order valence-electron chi connectivity index (χ1n) is 8.16. The van der Waals surface area contributed by atoms with Crippen LogP contribution in [0.1, 0.15) is 17.3 Å². The molecule has 2 N–H and O–H groups in total. The maximum Gasteiger partial charge on any atom is 0.238 e. The van der Waals surface area contributed by atoms with Gasteiger partial charge in [0.25, 0.3) is 0 Å². The summed E-state index contributed by atoms with van der Waals surface area (Å²) in [5.41, 5.74) is 1.92. The Morgan fingerprint density at radius 2 is 1.93 bits per heavy atom. The van der Waals surface area contributed by atoms with Crippen LogP contribution < -0.4 is 9.88 Å². The van der Waals surface area contributed by atoms with Crippen LogP contribution in [-0.2, 0) is 16.6 Å². The smallest absolute Gasteiger partial charge is 0.238 e. The lowest BCUT2D eigenvalue weighted by atomic mass is 10.1. The molecule has 0 amide bonds. The highest BCUT2D eigenvalue weighted by Gasteiger charge is 2.16. The van der Waals surface area contributed by atoms with Gasteiger partial charge in [-0.3, -0.25) is 4.79 Å². The number of hydrogen-bond acceptors (Lipinski definition) is 6. The highest BCUT2D eigenvalue weighted by molar-refractivity contribution is 7.99. The van der Waals surface area contributed by atoms with Gasteiger partial charge in [0.15, 0.2) is 10.9 Å². The molecule has 0 aliphatic rings. The zero-order chi connectivity index (χ0) is 19.6. The minimum Gasteiger partial charge on any atom is -0.497 e. The van der Waals surface area contributed by atoms with Crippen molar-refractivity contribution in [1.29, 1.82) is 0 Å². The Morgan fingerprint density at radius 3 is 2.52 bits per heavy atom. The number of carbonyl (C=O) groups is 1. The van der Waals surface area contributed by atoms with Gasteiger partial charge in [0.2, 0.25) is 10.0 Å². The first-order valence-corrected chi connectivity index (χ1v) is 10.7. The van der Waals surface area contributed by atoms with Crippen molar-refractivity contribution in [3.05, 3.63) is 48.0 Å². The summed E-state index contributed by atoms with van der Waals surface area (Å²) in [5, 5.41) is 5.84. The number of primary sulfonamides is 1. The van der Waals surface area contributed by atoms with E-state index in [-0.39, 0.29) is 16.4 Å². The molecule has 27 heavy (non-hydrogen) atoms. The van der Waals surface area contributed by atoms with E-state index in [1.807, 2.05) is 11.5 Å². The Kier molecular flexibility index (Phi) is 5.54. The minimum atomic E-state index is -3.79. The summed E-state index contributed by atoms with van der Waals surface area (Å²) in [7, 11) is -2.22. The summed E-state index contributed by atoms with van der Waals surface area (Å²) in [6.45, 7) is 2.61. The zero-order valence-electron chi connectivity index (χ0n) is 14.9. The predicted molar refractivity (Wildman–Crippen MR) is 105 cm³/mol. The van der Waals surface area contributed by atoms with E-state index in [1.165, 1.54) is 23.9 Å². The summed E-state index contributed by atoms with van der Waals surface area (Å²) in [6.07, 6.45) is 0. The molecule has 142 valence electrons. The Balaban J connectivity index is 1.84. The van der Waals surface area contributed by atoms with Crippen molar-refractivity contribution >= 4 is 38.6 Å². The topological polar surface area (TPSA) is 104 Å². The summed E-state index contributed by atoms with van der Waals surface area (Å²) < 4.78 is 30.1. The van der Waals surface area contributed by atoms with Gasteiger partial charge in [-0.25, -0.2) is 18.5 Å². The first-order chi connectivity index (χ1) is 12.8. The van der Waals surface area contributed by atoms with Crippen molar-refractivity contribution in [1.82, 2.24) is 9.55 Å². The average Bonchev–Trinajstić information content (AvgIpc) is 3.02. The van der Waals surface area contributed by atoms with Crippen molar-refractivity contribution in [2.24, 2.45) is 5.14 Å². The number of benzene rings is 2. The van der Waals surface area contributed by atoms with Crippen LogP contribution in [0.2, 0.25) is 0 Å². The number of hydrogen-bond donors (Lipinski definition) is 1. The van der Waals surface area contributed by atoms with Crippen molar-refractivity contribution in [2.75, 3.05) is 12.9 Å². The molecule has 2 aromatic carbocycles. The van der Waals surface area contributed by atoms with Gasteiger partial charge in [-0.05, 0) is 49.4 Å². The average molecular weight is 406 g/mol. The molecule has 0 radical (unpaired) electrons. The lowest BCUT2D eigenvalue weighted by Gasteiger charge is -2.06. The quantitative estimate of drug-likeness (QED) is 0.479. The molecule has 0 fully saturated rings. The predicted octanol–water partition coefficient (Wildman–Crippen LogP) is 2.69. The number of fused-ring (bicyclic) bond motifs is 1. The fraction of sp³-hybridized carbons (Fsp3) is 0.222. The number of ether oxygens (including phenoxy) is 1. The van der Waals surface area contributed by atoms with E-state index >= 15 is 0 Å². The first kappa shape index (κ1) is 19.4. The van der Waals surface area contributed by atoms with Crippen molar-refractivity contribution in [3.8, 4) is 5.75 Å². The Hall–Kier alpha value is -2.36. The number of aromatic nitrogens is 2. The van der Waals surface area contributed by atoms with Gasteiger partial charge in [-0.2, -0.15) is 0 Å². The summed E-state index contributed by atoms with van der Waals surface area (Å²) >= 11 is 1.31. The second-order valence-electron chi connectivity index (χ2n) is 5.77. The molecule has 0 bridgehead atoms. The Bertz CT molecular complexity index is 1090. The lowest BCUT2D eigenvalue weighted by molar-refractivity contribution is 0.102. The van der Waals surface area contributed by atoms with Crippen molar-refractivity contribution < 1.29 is 17.9 Å². The van der Waals surface area contributed by atoms with E-state index in [0.717, 1.165) is 5.52 Å². The van der Waals surface area contributed by atoms with Crippen LogP contribution in [0, 0.1) is 0 Å². The number of Topliss-reactive ketones (excluding diaryl/α,β-unsaturated/α-hetero) is 1. The molecule has 7 nitrogen and oxygen atoms in total. The Morgan fingerprint density at radius 1 is 1.22 bits per heavy atom. The maximum atomic E-state index is 12.4. The molecule has 1 aromatic heterocycles. The molecule has 3 aromatic rings. The highest BCUT2D eigenvalue weighted by Crippen LogP contribution is 2.26. The number of ketones is 1. The van der Waals surface area contributed by atoms with Crippen LogP contribution in [0.25, 0.3) is 11.0 Å². The second-order valence-corrected chi connectivity index (χ2v) is 8.28. The van der Waals surface area contributed by atoms with E-state index in [0.29, 0.717) is 28.5 Å². The third-order valence-electron chi connectivity index (χ3n) is 4.07. The molecule has 9 heteroatoms. The number of thioether (sulfide) groups is 1. The number of rotatable bonds is 7. The molecule has 0 atom stereocenters. The van der Waals surface area contributed by atoms with Crippen LogP contribution in [0.4, 0.5) is 0 Å². The third kappa shape index (κ3) is 4.15. The van der Waals surface area contributed by atoms with Crippen LogP contribution in [0.15, 0.2) is 52.5 Å². The number of sulfonamides is 1. The molecule has 0 aliphatic carbocycles. The number of methoxy groups -OCH3 is 1. The third-order valence-corrected chi connectivity index (χ3v) is 5.96. The standard InChI is InChI=1S/C18H19N3O4S2/c1-3-21-16-9-8-14(27(19,23)24)10-15(16)20-18(21)26-11-17(22)12-4-6-13(25-2)7-5-12/h4-10H,3,11H2,1-2H3,(H2,19,23,24). The molecule has 0 spiro atoms. The Labute approximate surface area is 161 Å². The normalized spacial score (nSPS) is 11.7. The molecule has 0 saturated heterocycles. The van der Waals surface area contributed by atoms with Gasteiger partial charge in [0, 0.05) is 12.1 Å². The molecular weight excluding hydrogens is 386 g/mol. The minimum absolute atomic E-state index is 0.0154. The number of aryl methyl sites for hydroxylation is 1. The van der Waals surface area contributed by atoms with Gasteiger partial charge in [-0.1, -0.05) is 11.8 Å². The number of nitrogens with two attached hydrogens (primary N) is 1. The summed E-state index contributed by atoms with van der Waals surface area (Å²) in [5.74, 6) is 0.887. The molecule has 0 saturated carbocycles. The van der Waals surface area contributed by atoms with Gasteiger partial charge in [-0.15, -0.1) is 0 Å². The van der Waals surface area contributed by atoms with Crippen molar-refractivity contribution in [2.45, 2.75) is 23.5 Å². The summed E-state index contributed by atoms with van der Waals surface area (Å²) in [6, 6.07) is 11.5. The molecule has 1 heterocycles. The van der Waals surface area contributed by atoms with Gasteiger partial charge in [0.05, 0.1) is 28.8 Å². The van der Waals surface area contributed by atoms with Crippen LogP contribution >= 0.6 is 11.8 Å². The monoisotopic (exact) mass is 405 g/mol. The fourth-order valence-corrected chi connectivity index (χ4v) is 4.18. The lowest BCUT2D eigenvalue weighted by Crippen LogP contribution is -2.11. The maximum absolute atomic E-state index is 12.4. The summed E-state index contributed by atoms with van der Waals surface area (Å²) in [4.78, 5) is 16.9. The van der Waals surface area contributed by atoms with Gasteiger partial charge >= 0.3 is 0 Å². The largest absolute Gasteiger partial charge is 0.497 e. The fourth-order valence-electron chi connectivity index (χ4n) is 2.67. The number of carbonyl (C=O) groups excluding carboxylic acids is 1. The van der Waals surface area contributed by atoms with E-state index in [9.17, 15) is 13.2 Å². The van der Waals surface area contributed by atoms with Crippen LogP contribution in [0.5, 0.6) is 5.75 Å². The van der Waals surface area contributed by atoms with E-state index in [2.05, 4.69) is 4.98 Å². The van der Waals surface area contributed by atoms with E-state index in [1.54, 1.807) is 37.4 Å². The molecule has 0 unspecified atom stereocenters. The zero-order valence-corrected chi connectivity index (χ0v) is 16.5. The second kappa shape index (κ2) is 7.71. The van der Waals surface area contributed by atoms with Gasteiger partial charge < -0.3 is 9.30 Å². The SMILES string of the molecule is CCn1c(SCC(=O)c2ccc(OC)cc2)nc2cc(S(N)(=O)=O)ccc21. The number of imidazole rings is 1. The van der Waals surface area contributed by atoms with Crippen molar-refractivity contribution in [3.63, 3.8) is 0 Å². The van der Waals surface area contributed by atoms with Crippen LogP contribution in [0.3, 0.4) is 0 Å². The molecule has 0 aliphatic heterocycles. The number of nitrogens with zero attached hydrogens (tertiary/aromatic N) is 2. The molecule has 3 rings (SSSR count). The van der Waals surface area contributed by atoms with E-state index < -0.39 is 10.0 Å². The van der Waals surface area contributed by atoms with E-state index in [4.69, 9.17) is 9.88 Å².